The Morgan fingerprint density at radius 2 is 1.69 bits per heavy atom. The highest BCUT2D eigenvalue weighted by Crippen LogP contribution is 2.27. The molecule has 0 aliphatic carbocycles. The van der Waals surface area contributed by atoms with Crippen LogP contribution in [0.5, 0.6) is 0 Å². The van der Waals surface area contributed by atoms with E-state index in [1.54, 1.807) is 42.6 Å². The zero-order valence-corrected chi connectivity index (χ0v) is 18.1. The standard InChI is InChI=1S/C26H23N3O3/c1-26(2,3)19-9-6-16(7-10-19)23-21(5-4-12-27-23)24(30)29-20-11-8-17-13-18(25(31)32)15-28-22(17)14-20/h4-15H,1-3H3,(H,29,30)(H,31,32). The molecule has 2 aromatic heterocycles. The highest BCUT2D eigenvalue weighted by molar-refractivity contribution is 6.08. The smallest absolute Gasteiger partial charge is 0.337 e. The number of nitrogens with zero attached hydrogens (tertiary/aromatic N) is 2. The van der Waals surface area contributed by atoms with E-state index in [9.17, 15) is 9.59 Å². The van der Waals surface area contributed by atoms with Crippen molar-refractivity contribution in [2.24, 2.45) is 0 Å². The van der Waals surface area contributed by atoms with Crippen LogP contribution in [0.25, 0.3) is 22.2 Å². The number of nitrogens with one attached hydrogen (secondary N) is 1. The van der Waals surface area contributed by atoms with Gasteiger partial charge in [-0.3, -0.25) is 14.8 Å². The maximum atomic E-state index is 13.1. The molecule has 0 aliphatic rings. The van der Waals surface area contributed by atoms with Crippen LogP contribution in [0.4, 0.5) is 5.69 Å². The number of benzene rings is 2. The Hall–Kier alpha value is -4.06. The summed E-state index contributed by atoms with van der Waals surface area (Å²) in [4.78, 5) is 32.8. The predicted octanol–water partition coefficient (Wildman–Crippen LogP) is 5.54. The van der Waals surface area contributed by atoms with Gasteiger partial charge in [0.15, 0.2) is 0 Å². The van der Waals surface area contributed by atoms with Crippen molar-refractivity contribution < 1.29 is 14.7 Å². The van der Waals surface area contributed by atoms with E-state index in [0.717, 1.165) is 5.56 Å². The molecule has 32 heavy (non-hydrogen) atoms. The van der Waals surface area contributed by atoms with Crippen LogP contribution in [0.3, 0.4) is 0 Å². The van der Waals surface area contributed by atoms with Crippen molar-refractivity contribution in [3.8, 4) is 11.3 Å². The third-order valence-electron chi connectivity index (χ3n) is 5.27. The van der Waals surface area contributed by atoms with E-state index < -0.39 is 5.97 Å². The van der Waals surface area contributed by atoms with Gasteiger partial charge in [-0.05, 0) is 41.3 Å². The number of carboxylic acid groups (broad SMARTS) is 1. The molecule has 0 saturated heterocycles. The first-order valence-electron chi connectivity index (χ1n) is 10.2. The molecule has 2 N–H and O–H groups in total. The van der Waals surface area contributed by atoms with Crippen LogP contribution in [0.15, 0.2) is 73.1 Å². The molecule has 0 fully saturated rings. The van der Waals surface area contributed by atoms with E-state index in [1.165, 1.54) is 11.8 Å². The van der Waals surface area contributed by atoms with Crippen molar-refractivity contribution in [2.75, 3.05) is 5.32 Å². The zero-order chi connectivity index (χ0) is 22.9. The first-order chi connectivity index (χ1) is 15.2. The van der Waals surface area contributed by atoms with Gasteiger partial charge in [0.05, 0.1) is 22.3 Å². The van der Waals surface area contributed by atoms with Crippen LogP contribution in [0.1, 0.15) is 47.1 Å². The summed E-state index contributed by atoms with van der Waals surface area (Å²) in [6.07, 6.45) is 2.97. The molecule has 0 saturated carbocycles. The first kappa shape index (κ1) is 21.2. The Morgan fingerprint density at radius 3 is 2.38 bits per heavy atom. The number of anilines is 1. The number of hydrogen-bond donors (Lipinski definition) is 2. The minimum absolute atomic E-state index is 0.0399. The maximum Gasteiger partial charge on any atom is 0.337 e. The monoisotopic (exact) mass is 425 g/mol. The van der Waals surface area contributed by atoms with Gasteiger partial charge in [-0.15, -0.1) is 0 Å². The normalized spacial score (nSPS) is 11.3. The van der Waals surface area contributed by atoms with E-state index in [4.69, 9.17) is 5.11 Å². The lowest BCUT2D eigenvalue weighted by molar-refractivity contribution is 0.0696. The Bertz CT molecular complexity index is 1320. The largest absolute Gasteiger partial charge is 0.478 e. The Kier molecular flexibility index (Phi) is 5.45. The van der Waals surface area contributed by atoms with Crippen molar-refractivity contribution in [3.05, 3.63) is 89.7 Å². The van der Waals surface area contributed by atoms with Crippen LogP contribution in [-0.4, -0.2) is 27.0 Å². The highest BCUT2D eigenvalue weighted by Gasteiger charge is 2.17. The van der Waals surface area contributed by atoms with Gasteiger partial charge in [-0.25, -0.2) is 4.79 Å². The quantitative estimate of drug-likeness (QED) is 0.448. The van der Waals surface area contributed by atoms with E-state index in [0.29, 0.717) is 27.8 Å². The molecule has 2 aromatic carbocycles. The van der Waals surface area contributed by atoms with Crippen LogP contribution >= 0.6 is 0 Å². The molecule has 6 nitrogen and oxygen atoms in total. The van der Waals surface area contributed by atoms with Crippen molar-refractivity contribution in [1.82, 2.24) is 9.97 Å². The Morgan fingerprint density at radius 1 is 0.938 bits per heavy atom. The lowest BCUT2D eigenvalue weighted by Crippen LogP contribution is -2.14. The number of rotatable bonds is 4. The van der Waals surface area contributed by atoms with Crippen LogP contribution < -0.4 is 5.32 Å². The van der Waals surface area contributed by atoms with Crippen LogP contribution in [0, 0.1) is 0 Å². The second kappa shape index (κ2) is 8.23. The fraction of sp³-hybridized carbons (Fsp3) is 0.154. The van der Waals surface area contributed by atoms with E-state index >= 15 is 0 Å². The van der Waals surface area contributed by atoms with Crippen molar-refractivity contribution in [2.45, 2.75) is 26.2 Å². The van der Waals surface area contributed by atoms with Gasteiger partial charge in [-0.1, -0.05) is 51.1 Å². The van der Waals surface area contributed by atoms with E-state index in [2.05, 4.69) is 48.2 Å². The number of carbonyl (C=O) groups is 2. The summed E-state index contributed by atoms with van der Waals surface area (Å²) in [5.41, 5.74) is 4.46. The molecule has 2 heterocycles. The Labute approximate surface area is 186 Å². The molecule has 0 bridgehead atoms. The van der Waals surface area contributed by atoms with Gasteiger partial charge >= 0.3 is 5.97 Å². The lowest BCUT2D eigenvalue weighted by Gasteiger charge is -2.19. The average molecular weight is 425 g/mol. The number of pyridine rings is 2. The number of hydrogen-bond acceptors (Lipinski definition) is 4. The first-order valence-corrected chi connectivity index (χ1v) is 10.2. The number of aromatic nitrogens is 2. The third kappa shape index (κ3) is 4.34. The highest BCUT2D eigenvalue weighted by atomic mass is 16.4. The van der Waals surface area contributed by atoms with Crippen LogP contribution in [-0.2, 0) is 5.41 Å². The molecule has 160 valence electrons. The van der Waals surface area contributed by atoms with E-state index in [1.807, 2.05) is 12.1 Å². The number of aromatic carboxylic acids is 1. The summed E-state index contributed by atoms with van der Waals surface area (Å²) in [5, 5.41) is 12.7. The van der Waals surface area contributed by atoms with Crippen molar-refractivity contribution >= 4 is 28.5 Å². The molecule has 1 amide bonds. The molecule has 0 unspecified atom stereocenters. The van der Waals surface area contributed by atoms with Crippen molar-refractivity contribution in [1.29, 1.82) is 0 Å². The minimum Gasteiger partial charge on any atom is -0.478 e. The van der Waals surface area contributed by atoms with Gasteiger partial charge < -0.3 is 10.4 Å². The fourth-order valence-corrected chi connectivity index (χ4v) is 3.46. The predicted molar refractivity (Wildman–Crippen MR) is 125 cm³/mol. The third-order valence-corrected chi connectivity index (χ3v) is 5.27. The second-order valence-corrected chi connectivity index (χ2v) is 8.62. The number of amides is 1. The topological polar surface area (TPSA) is 92.2 Å². The van der Waals surface area contributed by atoms with E-state index in [-0.39, 0.29) is 16.9 Å². The number of fused-ring (bicyclic) bond motifs is 1. The lowest BCUT2D eigenvalue weighted by atomic mass is 9.86. The summed E-state index contributed by atoms with van der Waals surface area (Å²) in [6, 6.07) is 18.3. The molecule has 4 aromatic rings. The minimum atomic E-state index is -1.03. The van der Waals surface area contributed by atoms with Gasteiger partial charge in [0, 0.05) is 29.0 Å². The summed E-state index contributed by atoms with van der Waals surface area (Å²) in [7, 11) is 0. The molecule has 0 aliphatic heterocycles. The summed E-state index contributed by atoms with van der Waals surface area (Å²) in [5.74, 6) is -1.31. The number of carbonyl (C=O) groups excluding carboxylic acids is 1. The van der Waals surface area contributed by atoms with Gasteiger partial charge in [0.1, 0.15) is 0 Å². The van der Waals surface area contributed by atoms with Gasteiger partial charge in [0.2, 0.25) is 0 Å². The van der Waals surface area contributed by atoms with Crippen molar-refractivity contribution in [3.63, 3.8) is 0 Å². The Balaban J connectivity index is 1.62. The molecule has 0 spiro atoms. The van der Waals surface area contributed by atoms with Gasteiger partial charge in [-0.2, -0.15) is 0 Å². The fourth-order valence-electron chi connectivity index (χ4n) is 3.46. The summed E-state index contributed by atoms with van der Waals surface area (Å²) in [6.45, 7) is 6.47. The molecular weight excluding hydrogens is 402 g/mol. The summed E-state index contributed by atoms with van der Waals surface area (Å²) >= 11 is 0. The zero-order valence-electron chi connectivity index (χ0n) is 18.1. The summed E-state index contributed by atoms with van der Waals surface area (Å²) < 4.78 is 0. The molecule has 0 atom stereocenters. The molecular formula is C26H23N3O3. The number of carboxylic acids is 1. The SMILES string of the molecule is CC(C)(C)c1ccc(-c2ncccc2C(=O)Nc2ccc3cc(C(=O)O)cnc3c2)cc1. The maximum absolute atomic E-state index is 13.1. The second-order valence-electron chi connectivity index (χ2n) is 8.62. The molecule has 4 rings (SSSR count). The molecule has 6 heteroatoms. The van der Waals surface area contributed by atoms with Gasteiger partial charge in [0.25, 0.3) is 5.91 Å². The average Bonchev–Trinajstić information content (AvgIpc) is 2.78. The molecule has 0 radical (unpaired) electrons. The van der Waals surface area contributed by atoms with Crippen LogP contribution in [0.2, 0.25) is 0 Å².